The Hall–Kier alpha value is -1.88. The maximum atomic E-state index is 12.0. The van der Waals surface area contributed by atoms with E-state index in [-0.39, 0.29) is 6.61 Å². The minimum atomic E-state index is -1.10. The normalized spacial score (nSPS) is 11.9. The molecule has 0 aliphatic carbocycles. The SMILES string of the molecule is NCCCCCCCCCCC(C(=O)O)C(=O)OCc1ccccc1. The highest BCUT2D eigenvalue weighted by atomic mass is 16.5. The van der Waals surface area contributed by atoms with Crippen molar-refractivity contribution in [3.8, 4) is 0 Å². The number of carbonyl (C=O) groups is 2. The van der Waals surface area contributed by atoms with Crippen LogP contribution in [0.4, 0.5) is 0 Å². The van der Waals surface area contributed by atoms with Crippen molar-refractivity contribution in [1.29, 1.82) is 0 Å². The van der Waals surface area contributed by atoms with Crippen molar-refractivity contribution >= 4 is 11.9 Å². The van der Waals surface area contributed by atoms with Crippen LogP contribution in [-0.2, 0) is 20.9 Å². The van der Waals surface area contributed by atoms with Gasteiger partial charge in [-0.05, 0) is 24.9 Å². The molecule has 0 amide bonds. The number of hydrogen-bond acceptors (Lipinski definition) is 4. The number of ether oxygens (including phenoxy) is 1. The zero-order chi connectivity index (χ0) is 18.3. The maximum absolute atomic E-state index is 12.0. The average Bonchev–Trinajstić information content (AvgIpc) is 2.62. The third kappa shape index (κ3) is 9.87. The molecule has 140 valence electrons. The summed E-state index contributed by atoms with van der Waals surface area (Å²) < 4.78 is 5.15. The van der Waals surface area contributed by atoms with Gasteiger partial charge in [-0.3, -0.25) is 9.59 Å². The second-order valence-electron chi connectivity index (χ2n) is 6.39. The molecule has 5 heteroatoms. The molecule has 0 fully saturated rings. The van der Waals surface area contributed by atoms with Crippen LogP contribution in [0.3, 0.4) is 0 Å². The molecule has 0 saturated heterocycles. The standard InChI is InChI=1S/C20H31NO4/c21-15-11-6-4-2-1-3-5-10-14-18(19(22)23)20(24)25-16-17-12-8-7-9-13-17/h7-9,12-13,18H,1-6,10-11,14-16,21H2,(H,22,23). The van der Waals surface area contributed by atoms with E-state index < -0.39 is 17.9 Å². The number of hydrogen-bond donors (Lipinski definition) is 2. The predicted octanol–water partition coefficient (Wildman–Crippen LogP) is 3.90. The minimum Gasteiger partial charge on any atom is -0.481 e. The number of carboxylic acids is 1. The predicted molar refractivity (Wildman–Crippen MR) is 98.0 cm³/mol. The first kappa shape index (κ1) is 21.2. The van der Waals surface area contributed by atoms with Gasteiger partial charge in [0.25, 0.3) is 0 Å². The third-order valence-corrected chi connectivity index (χ3v) is 4.25. The average molecular weight is 349 g/mol. The van der Waals surface area contributed by atoms with Crippen LogP contribution in [0.5, 0.6) is 0 Å². The zero-order valence-corrected chi connectivity index (χ0v) is 15.0. The summed E-state index contributed by atoms with van der Waals surface area (Å²) in [5.74, 6) is -2.80. The van der Waals surface area contributed by atoms with Crippen molar-refractivity contribution in [3.05, 3.63) is 35.9 Å². The molecular formula is C20H31NO4. The van der Waals surface area contributed by atoms with E-state index in [9.17, 15) is 14.7 Å². The van der Waals surface area contributed by atoms with E-state index in [4.69, 9.17) is 10.5 Å². The van der Waals surface area contributed by atoms with E-state index in [0.717, 1.165) is 44.2 Å². The van der Waals surface area contributed by atoms with Gasteiger partial charge in [-0.15, -0.1) is 0 Å². The summed E-state index contributed by atoms with van der Waals surface area (Å²) in [6.45, 7) is 0.878. The Balaban J connectivity index is 2.18. The third-order valence-electron chi connectivity index (χ3n) is 4.25. The summed E-state index contributed by atoms with van der Waals surface area (Å²) in [5, 5.41) is 9.25. The summed E-state index contributed by atoms with van der Waals surface area (Å²) in [6, 6.07) is 9.28. The summed E-state index contributed by atoms with van der Waals surface area (Å²) in [7, 11) is 0. The van der Waals surface area contributed by atoms with E-state index in [0.29, 0.717) is 6.42 Å². The van der Waals surface area contributed by atoms with Gasteiger partial charge in [0.15, 0.2) is 5.92 Å². The van der Waals surface area contributed by atoms with Crippen molar-refractivity contribution in [2.75, 3.05) is 6.54 Å². The fourth-order valence-corrected chi connectivity index (χ4v) is 2.72. The quantitative estimate of drug-likeness (QED) is 0.302. The fourth-order valence-electron chi connectivity index (χ4n) is 2.72. The smallest absolute Gasteiger partial charge is 0.320 e. The van der Waals surface area contributed by atoms with Gasteiger partial charge in [-0.1, -0.05) is 75.3 Å². The molecule has 0 saturated carbocycles. The van der Waals surface area contributed by atoms with Crippen LogP contribution < -0.4 is 5.73 Å². The van der Waals surface area contributed by atoms with Gasteiger partial charge in [-0.25, -0.2) is 0 Å². The van der Waals surface area contributed by atoms with Crippen molar-refractivity contribution in [3.63, 3.8) is 0 Å². The van der Waals surface area contributed by atoms with Crippen molar-refractivity contribution in [2.45, 2.75) is 64.4 Å². The van der Waals surface area contributed by atoms with E-state index in [2.05, 4.69) is 0 Å². The van der Waals surface area contributed by atoms with E-state index in [1.807, 2.05) is 30.3 Å². The van der Waals surface area contributed by atoms with Crippen LogP contribution in [0.1, 0.15) is 63.4 Å². The first-order chi connectivity index (χ1) is 12.1. The molecule has 0 aliphatic heterocycles. The Kier molecular flexibility index (Phi) is 11.4. The Labute approximate surface area is 150 Å². The maximum Gasteiger partial charge on any atom is 0.320 e. The van der Waals surface area contributed by atoms with Gasteiger partial charge in [0.05, 0.1) is 0 Å². The number of esters is 1. The largest absolute Gasteiger partial charge is 0.481 e. The first-order valence-electron chi connectivity index (χ1n) is 9.28. The molecule has 0 radical (unpaired) electrons. The molecule has 0 spiro atoms. The molecule has 1 rings (SSSR count). The Bertz CT molecular complexity index is 490. The molecule has 0 heterocycles. The molecule has 25 heavy (non-hydrogen) atoms. The van der Waals surface area contributed by atoms with Crippen LogP contribution in [0, 0.1) is 5.92 Å². The van der Waals surface area contributed by atoms with Crippen LogP contribution in [-0.4, -0.2) is 23.6 Å². The van der Waals surface area contributed by atoms with Gasteiger partial charge >= 0.3 is 11.9 Å². The lowest BCUT2D eigenvalue weighted by Gasteiger charge is -2.12. The Morgan fingerprint density at radius 3 is 2.04 bits per heavy atom. The summed E-state index contributed by atoms with van der Waals surface area (Å²) in [5.41, 5.74) is 6.31. The lowest BCUT2D eigenvalue weighted by atomic mass is 10.00. The van der Waals surface area contributed by atoms with Crippen molar-refractivity contribution < 1.29 is 19.4 Å². The van der Waals surface area contributed by atoms with E-state index in [1.165, 1.54) is 19.3 Å². The number of carbonyl (C=O) groups excluding carboxylic acids is 1. The van der Waals surface area contributed by atoms with Crippen LogP contribution in [0.15, 0.2) is 30.3 Å². The molecule has 1 aromatic rings. The van der Waals surface area contributed by atoms with E-state index in [1.54, 1.807) is 0 Å². The van der Waals surface area contributed by atoms with Crippen LogP contribution in [0.2, 0.25) is 0 Å². The lowest BCUT2D eigenvalue weighted by molar-refractivity contribution is -0.160. The first-order valence-corrected chi connectivity index (χ1v) is 9.28. The molecule has 0 aromatic heterocycles. The molecule has 5 nitrogen and oxygen atoms in total. The minimum absolute atomic E-state index is 0.117. The molecule has 1 aromatic carbocycles. The topological polar surface area (TPSA) is 89.6 Å². The van der Waals surface area contributed by atoms with Gasteiger partial charge in [0.2, 0.25) is 0 Å². The molecule has 0 aliphatic rings. The van der Waals surface area contributed by atoms with Gasteiger partial charge in [-0.2, -0.15) is 0 Å². The lowest BCUT2D eigenvalue weighted by Crippen LogP contribution is -2.25. The van der Waals surface area contributed by atoms with E-state index >= 15 is 0 Å². The highest BCUT2D eigenvalue weighted by Gasteiger charge is 2.27. The van der Waals surface area contributed by atoms with Gasteiger partial charge < -0.3 is 15.6 Å². The Morgan fingerprint density at radius 1 is 0.920 bits per heavy atom. The number of unbranched alkanes of at least 4 members (excludes halogenated alkanes) is 7. The van der Waals surface area contributed by atoms with Crippen molar-refractivity contribution in [2.24, 2.45) is 11.7 Å². The molecule has 1 unspecified atom stereocenters. The Morgan fingerprint density at radius 2 is 1.48 bits per heavy atom. The number of benzene rings is 1. The summed E-state index contributed by atoms with van der Waals surface area (Å²) in [6.07, 6.45) is 8.94. The number of carboxylic acid groups (broad SMARTS) is 1. The second kappa shape index (κ2) is 13.4. The number of aliphatic carboxylic acids is 1. The van der Waals surface area contributed by atoms with Gasteiger partial charge in [0, 0.05) is 0 Å². The highest BCUT2D eigenvalue weighted by molar-refractivity contribution is 5.93. The van der Waals surface area contributed by atoms with Crippen LogP contribution >= 0.6 is 0 Å². The van der Waals surface area contributed by atoms with Gasteiger partial charge in [0.1, 0.15) is 6.61 Å². The highest BCUT2D eigenvalue weighted by Crippen LogP contribution is 2.16. The number of nitrogens with two attached hydrogens (primary N) is 1. The van der Waals surface area contributed by atoms with Crippen LogP contribution in [0.25, 0.3) is 0 Å². The molecule has 0 bridgehead atoms. The van der Waals surface area contributed by atoms with Crippen molar-refractivity contribution in [1.82, 2.24) is 0 Å². The molecule has 1 atom stereocenters. The summed E-state index contributed by atoms with van der Waals surface area (Å²) in [4.78, 5) is 23.3. The number of rotatable bonds is 14. The fraction of sp³-hybridized carbons (Fsp3) is 0.600. The molecular weight excluding hydrogens is 318 g/mol. The second-order valence-corrected chi connectivity index (χ2v) is 6.39. The zero-order valence-electron chi connectivity index (χ0n) is 15.0. The molecule has 3 N–H and O–H groups in total. The monoisotopic (exact) mass is 349 g/mol. The summed E-state index contributed by atoms with van der Waals surface area (Å²) >= 11 is 0.